The van der Waals surface area contributed by atoms with Crippen LogP contribution in [0.25, 0.3) is 10.9 Å². The molecule has 162 valence electrons. The van der Waals surface area contributed by atoms with Crippen LogP contribution in [0.5, 0.6) is 11.5 Å². The summed E-state index contributed by atoms with van der Waals surface area (Å²) in [6, 6.07) is 10.8. The number of benzene rings is 2. The minimum atomic E-state index is -0.487. The fraction of sp³-hybridized carbons (Fsp3) is 0.348. The molecule has 1 aliphatic heterocycles. The smallest absolute Gasteiger partial charge is 0.248 e. The Kier molecular flexibility index (Phi) is 6.18. The number of likely N-dealkylation sites (tertiary alicyclic amines) is 1. The molecule has 0 saturated carbocycles. The van der Waals surface area contributed by atoms with E-state index in [4.69, 9.17) is 4.74 Å². The molecule has 2 heterocycles. The number of nitrogens with zero attached hydrogens (tertiary/aromatic N) is 3. The molecule has 8 heteroatoms. The highest BCUT2D eigenvalue weighted by molar-refractivity contribution is 5.95. The van der Waals surface area contributed by atoms with E-state index in [-0.39, 0.29) is 17.7 Å². The number of aromatic nitrogens is 2. The number of hydrogen-bond acceptors (Lipinski definition) is 7. The van der Waals surface area contributed by atoms with Gasteiger partial charge in [-0.2, -0.15) is 0 Å². The first-order chi connectivity index (χ1) is 15.1. The molecule has 3 aromatic rings. The zero-order valence-electron chi connectivity index (χ0n) is 17.4. The van der Waals surface area contributed by atoms with Crippen LogP contribution in [-0.4, -0.2) is 56.8 Å². The summed E-state index contributed by atoms with van der Waals surface area (Å²) in [5.74, 6) is 1.19. The number of amides is 1. The number of aromatic hydroxyl groups is 1. The Hall–Kier alpha value is -3.39. The van der Waals surface area contributed by atoms with Crippen molar-refractivity contribution in [1.82, 2.24) is 14.9 Å². The lowest BCUT2D eigenvalue weighted by atomic mass is 10.0. The van der Waals surface area contributed by atoms with Gasteiger partial charge in [0.1, 0.15) is 36.9 Å². The van der Waals surface area contributed by atoms with Crippen LogP contribution >= 0.6 is 0 Å². The molecule has 0 aliphatic carbocycles. The number of aliphatic hydroxyl groups is 1. The third kappa shape index (κ3) is 4.54. The molecule has 0 radical (unpaired) electrons. The molecule has 0 bridgehead atoms. The van der Waals surface area contributed by atoms with E-state index in [0.717, 1.165) is 41.4 Å². The Bertz CT molecular complexity index is 1080. The number of rotatable bonds is 6. The number of fused-ring (bicyclic) bond motifs is 1. The molecule has 1 aromatic heterocycles. The van der Waals surface area contributed by atoms with Crippen molar-refractivity contribution in [2.24, 2.45) is 0 Å². The predicted octanol–water partition coefficient (Wildman–Crippen LogP) is 3.14. The van der Waals surface area contributed by atoms with Gasteiger partial charge in [-0.3, -0.25) is 4.79 Å². The van der Waals surface area contributed by atoms with E-state index in [1.807, 2.05) is 31.2 Å². The molecule has 1 amide bonds. The number of phenolic OH excluding ortho intramolecular Hbond substituents is 1. The van der Waals surface area contributed by atoms with Crippen LogP contribution in [0.15, 0.2) is 42.7 Å². The number of carbonyl (C=O) groups excluding carboxylic acids is 1. The fourth-order valence-electron chi connectivity index (χ4n) is 3.94. The van der Waals surface area contributed by atoms with E-state index in [9.17, 15) is 15.0 Å². The molecule has 1 fully saturated rings. The number of hydrogen-bond donors (Lipinski definition) is 3. The fourth-order valence-corrected chi connectivity index (χ4v) is 3.94. The Balaban J connectivity index is 1.60. The zero-order valence-corrected chi connectivity index (χ0v) is 17.4. The van der Waals surface area contributed by atoms with E-state index < -0.39 is 6.61 Å². The second kappa shape index (κ2) is 9.18. The Morgan fingerprint density at radius 2 is 2.13 bits per heavy atom. The van der Waals surface area contributed by atoms with Crippen molar-refractivity contribution < 1.29 is 19.7 Å². The maximum Gasteiger partial charge on any atom is 0.248 e. The van der Waals surface area contributed by atoms with E-state index in [2.05, 4.69) is 15.3 Å². The molecule has 1 aliphatic rings. The highest BCUT2D eigenvalue weighted by atomic mass is 16.5. The quantitative estimate of drug-likeness (QED) is 0.524. The van der Waals surface area contributed by atoms with Crippen molar-refractivity contribution >= 4 is 28.3 Å². The van der Waals surface area contributed by atoms with Gasteiger partial charge in [0.05, 0.1) is 16.9 Å². The maximum atomic E-state index is 12.1. The number of piperidine rings is 1. The van der Waals surface area contributed by atoms with Gasteiger partial charge < -0.3 is 25.2 Å². The summed E-state index contributed by atoms with van der Waals surface area (Å²) in [6.07, 6.45) is 4.29. The number of anilines is 2. The van der Waals surface area contributed by atoms with Gasteiger partial charge in [-0.05, 0) is 62.1 Å². The third-order valence-corrected chi connectivity index (χ3v) is 5.60. The molecule has 8 nitrogen and oxygen atoms in total. The van der Waals surface area contributed by atoms with Crippen molar-refractivity contribution in [1.29, 1.82) is 0 Å². The number of nitrogens with one attached hydrogen (secondary N) is 1. The van der Waals surface area contributed by atoms with E-state index in [1.54, 1.807) is 17.0 Å². The van der Waals surface area contributed by atoms with Crippen LogP contribution in [0.2, 0.25) is 0 Å². The van der Waals surface area contributed by atoms with Crippen LogP contribution in [0.3, 0.4) is 0 Å². The van der Waals surface area contributed by atoms with Crippen molar-refractivity contribution in [2.45, 2.75) is 32.2 Å². The Morgan fingerprint density at radius 1 is 1.26 bits per heavy atom. The number of aliphatic hydroxyl groups excluding tert-OH is 1. The van der Waals surface area contributed by atoms with E-state index in [0.29, 0.717) is 24.7 Å². The lowest BCUT2D eigenvalue weighted by Gasteiger charge is -2.35. The summed E-state index contributed by atoms with van der Waals surface area (Å²) in [4.78, 5) is 22.6. The Morgan fingerprint density at radius 3 is 2.94 bits per heavy atom. The molecule has 3 N–H and O–H groups in total. The lowest BCUT2D eigenvalue weighted by Crippen LogP contribution is -2.47. The third-order valence-electron chi connectivity index (χ3n) is 5.60. The zero-order chi connectivity index (χ0) is 21.8. The summed E-state index contributed by atoms with van der Waals surface area (Å²) in [5, 5.41) is 23.1. The van der Waals surface area contributed by atoms with Crippen LogP contribution in [0.4, 0.5) is 11.5 Å². The van der Waals surface area contributed by atoms with E-state index >= 15 is 0 Å². The van der Waals surface area contributed by atoms with Gasteiger partial charge in [-0.25, -0.2) is 9.97 Å². The van der Waals surface area contributed by atoms with Crippen molar-refractivity contribution in [3.05, 3.63) is 48.3 Å². The van der Waals surface area contributed by atoms with Gasteiger partial charge in [-0.15, -0.1) is 0 Å². The summed E-state index contributed by atoms with van der Waals surface area (Å²) < 4.78 is 6.17. The van der Waals surface area contributed by atoms with Crippen LogP contribution in [0, 0.1) is 6.92 Å². The highest BCUT2D eigenvalue weighted by Crippen LogP contribution is 2.33. The van der Waals surface area contributed by atoms with Gasteiger partial charge in [0.15, 0.2) is 0 Å². The molecule has 4 rings (SSSR count). The molecular weight excluding hydrogens is 396 g/mol. The standard InChI is InChI=1S/C23H26N4O4/c1-15-11-16(8-9-19(15)29)26-23-22-18(24-14-25-23)6-4-7-20(22)31-13-17-5-2-3-10-27(17)21(30)12-28/h4,6-9,11,14,17,28-29H,2-3,5,10,12-13H2,1H3,(H,24,25,26)/t17-/m1/s1. The topological polar surface area (TPSA) is 108 Å². The van der Waals surface area contributed by atoms with Gasteiger partial charge in [0.25, 0.3) is 0 Å². The summed E-state index contributed by atoms with van der Waals surface area (Å²) in [6.45, 7) is 2.31. The van der Waals surface area contributed by atoms with Crippen LogP contribution in [0.1, 0.15) is 24.8 Å². The molecule has 1 atom stereocenters. The number of ether oxygens (including phenoxy) is 1. The first-order valence-corrected chi connectivity index (χ1v) is 10.4. The number of phenols is 1. The second-order valence-electron chi connectivity index (χ2n) is 7.70. The van der Waals surface area contributed by atoms with Crippen molar-refractivity contribution in [3.8, 4) is 11.5 Å². The van der Waals surface area contributed by atoms with E-state index in [1.165, 1.54) is 6.33 Å². The minimum absolute atomic E-state index is 0.0792. The van der Waals surface area contributed by atoms with Gasteiger partial charge in [0, 0.05) is 12.2 Å². The Labute approximate surface area is 180 Å². The monoisotopic (exact) mass is 422 g/mol. The molecule has 2 aromatic carbocycles. The maximum absolute atomic E-state index is 12.1. The summed E-state index contributed by atoms with van der Waals surface area (Å²) in [5.41, 5.74) is 2.28. The first kappa shape index (κ1) is 20.9. The SMILES string of the molecule is Cc1cc(Nc2ncnc3cccc(OC[C@H]4CCCCN4C(=O)CO)c23)ccc1O. The van der Waals surface area contributed by atoms with Crippen LogP contribution in [-0.2, 0) is 4.79 Å². The van der Waals surface area contributed by atoms with Crippen LogP contribution < -0.4 is 10.1 Å². The van der Waals surface area contributed by atoms with Gasteiger partial charge >= 0.3 is 0 Å². The predicted molar refractivity (Wildman–Crippen MR) is 118 cm³/mol. The second-order valence-corrected chi connectivity index (χ2v) is 7.70. The average molecular weight is 422 g/mol. The van der Waals surface area contributed by atoms with Crippen molar-refractivity contribution in [2.75, 3.05) is 25.1 Å². The normalized spacial score (nSPS) is 16.3. The average Bonchev–Trinajstić information content (AvgIpc) is 2.80. The summed E-state index contributed by atoms with van der Waals surface area (Å²) in [7, 11) is 0. The largest absolute Gasteiger partial charge is 0.508 e. The highest BCUT2D eigenvalue weighted by Gasteiger charge is 2.27. The number of aryl methyl sites for hydroxylation is 1. The van der Waals surface area contributed by atoms with Crippen molar-refractivity contribution in [3.63, 3.8) is 0 Å². The van der Waals surface area contributed by atoms with Gasteiger partial charge in [0.2, 0.25) is 5.91 Å². The molecule has 0 spiro atoms. The minimum Gasteiger partial charge on any atom is -0.508 e. The number of carbonyl (C=O) groups is 1. The van der Waals surface area contributed by atoms with Gasteiger partial charge in [-0.1, -0.05) is 6.07 Å². The molecule has 0 unspecified atom stereocenters. The lowest BCUT2D eigenvalue weighted by molar-refractivity contribution is -0.138. The molecule has 31 heavy (non-hydrogen) atoms. The summed E-state index contributed by atoms with van der Waals surface area (Å²) >= 11 is 0. The molecular formula is C23H26N4O4. The molecule has 1 saturated heterocycles. The first-order valence-electron chi connectivity index (χ1n) is 10.4.